The molecule has 1 saturated heterocycles. The van der Waals surface area contributed by atoms with Crippen molar-refractivity contribution in [3.63, 3.8) is 0 Å². The van der Waals surface area contributed by atoms with E-state index in [4.69, 9.17) is 12.2 Å². The quantitative estimate of drug-likeness (QED) is 0.433. The molecule has 0 radical (unpaired) electrons. The maximum absolute atomic E-state index is 13.2. The molecule has 4 rings (SSSR count). The number of carbonyl (C=O) groups excluding carboxylic acids is 2. The van der Waals surface area contributed by atoms with Crippen LogP contribution in [-0.4, -0.2) is 29.5 Å². The molecule has 2 aromatic rings. The Balaban J connectivity index is 1.79. The van der Waals surface area contributed by atoms with Crippen molar-refractivity contribution in [1.82, 2.24) is 5.32 Å². The van der Waals surface area contributed by atoms with Crippen LogP contribution in [0.15, 0.2) is 54.1 Å². The van der Waals surface area contributed by atoms with Gasteiger partial charge in [-0.05, 0) is 87.0 Å². The molecule has 6 heteroatoms. The number of nitrogens with zero attached hydrogens (tertiary/aromatic N) is 2. The fraction of sp³-hybridized carbons (Fsp3) is 0.240. The highest BCUT2D eigenvalue weighted by Gasteiger charge is 2.35. The van der Waals surface area contributed by atoms with E-state index in [1.54, 1.807) is 18.2 Å². The summed E-state index contributed by atoms with van der Waals surface area (Å²) in [5.41, 5.74) is 5.82. The molecule has 2 heterocycles. The number of para-hydroxylation sites is 1. The summed E-state index contributed by atoms with van der Waals surface area (Å²) in [6, 6.07) is 13.3. The van der Waals surface area contributed by atoms with Gasteiger partial charge in [0, 0.05) is 18.3 Å². The summed E-state index contributed by atoms with van der Waals surface area (Å²) >= 11 is 5.27. The van der Waals surface area contributed by atoms with Crippen molar-refractivity contribution in [1.29, 1.82) is 0 Å². The minimum absolute atomic E-state index is 0.0617. The van der Waals surface area contributed by atoms with E-state index < -0.39 is 11.8 Å². The van der Waals surface area contributed by atoms with Crippen LogP contribution in [0.2, 0.25) is 0 Å². The van der Waals surface area contributed by atoms with Gasteiger partial charge in [-0.25, -0.2) is 0 Å². The van der Waals surface area contributed by atoms with Crippen molar-refractivity contribution < 1.29 is 9.59 Å². The van der Waals surface area contributed by atoms with E-state index in [0.29, 0.717) is 5.69 Å². The van der Waals surface area contributed by atoms with Gasteiger partial charge in [0.15, 0.2) is 5.11 Å². The van der Waals surface area contributed by atoms with Crippen LogP contribution < -0.4 is 15.1 Å². The molecular weight excluding hydrogens is 406 g/mol. The summed E-state index contributed by atoms with van der Waals surface area (Å²) in [5, 5.41) is 2.73. The molecule has 0 aliphatic carbocycles. The molecule has 31 heavy (non-hydrogen) atoms. The van der Waals surface area contributed by atoms with Crippen LogP contribution in [0.5, 0.6) is 0 Å². The van der Waals surface area contributed by atoms with Crippen molar-refractivity contribution in [3.05, 3.63) is 70.8 Å². The van der Waals surface area contributed by atoms with E-state index in [2.05, 4.69) is 56.2 Å². The number of rotatable bonds is 2. The average molecular weight is 432 g/mol. The molecule has 2 aromatic carbocycles. The highest BCUT2D eigenvalue weighted by Crippen LogP contribution is 2.39. The van der Waals surface area contributed by atoms with Gasteiger partial charge < -0.3 is 4.90 Å². The maximum Gasteiger partial charge on any atom is 0.270 e. The van der Waals surface area contributed by atoms with Crippen molar-refractivity contribution >= 4 is 52.2 Å². The first kappa shape index (κ1) is 21.0. The minimum atomic E-state index is -0.482. The minimum Gasteiger partial charge on any atom is -0.365 e. The van der Waals surface area contributed by atoms with Gasteiger partial charge >= 0.3 is 0 Å². The number of aryl methyl sites for hydroxylation is 1. The first-order chi connectivity index (χ1) is 14.6. The van der Waals surface area contributed by atoms with Gasteiger partial charge in [0.1, 0.15) is 5.57 Å². The van der Waals surface area contributed by atoms with E-state index in [1.165, 1.54) is 10.5 Å². The number of anilines is 2. The smallest absolute Gasteiger partial charge is 0.270 e. The lowest BCUT2D eigenvalue weighted by atomic mass is 9.87. The SMILES string of the molecule is CC1=CC(C)(C)N(C)c2cc(C)c(/C=C3/C(=O)NC(=S)N(c4ccccc4)C3=O)cc21. The number of amides is 2. The molecule has 158 valence electrons. The Bertz CT molecular complexity index is 1180. The third-order valence-electron chi connectivity index (χ3n) is 6.02. The number of nitrogens with one attached hydrogen (secondary N) is 1. The Morgan fingerprint density at radius 1 is 1.06 bits per heavy atom. The van der Waals surface area contributed by atoms with Crippen molar-refractivity contribution in [2.45, 2.75) is 33.2 Å². The van der Waals surface area contributed by atoms with Gasteiger partial charge in [-0.2, -0.15) is 0 Å². The van der Waals surface area contributed by atoms with Crippen LogP contribution >= 0.6 is 12.2 Å². The molecule has 1 fully saturated rings. The molecule has 2 aliphatic heterocycles. The molecule has 2 amide bonds. The molecule has 0 atom stereocenters. The second-order valence-electron chi connectivity index (χ2n) is 8.56. The Morgan fingerprint density at radius 2 is 1.74 bits per heavy atom. The number of allylic oxidation sites excluding steroid dienone is 1. The standard InChI is InChI=1S/C25H25N3O2S/c1-15-11-21-19(16(2)14-25(3,4)27(21)5)12-17(15)13-20-22(29)26-24(31)28(23(20)30)18-9-7-6-8-10-18/h6-14H,1-5H3,(H,26,29,31)/b20-13-. The summed E-state index contributed by atoms with van der Waals surface area (Å²) in [7, 11) is 2.08. The number of benzene rings is 2. The maximum atomic E-state index is 13.2. The van der Waals surface area contributed by atoms with Crippen LogP contribution in [-0.2, 0) is 9.59 Å². The fourth-order valence-electron chi connectivity index (χ4n) is 4.10. The average Bonchev–Trinajstić information content (AvgIpc) is 2.70. The third-order valence-corrected chi connectivity index (χ3v) is 6.31. The number of fused-ring (bicyclic) bond motifs is 1. The van der Waals surface area contributed by atoms with Gasteiger partial charge in [0.05, 0.1) is 11.2 Å². The van der Waals surface area contributed by atoms with Crippen LogP contribution in [0.1, 0.15) is 37.5 Å². The summed E-state index contributed by atoms with van der Waals surface area (Å²) in [6.45, 7) is 8.44. The van der Waals surface area contributed by atoms with Gasteiger partial charge in [-0.15, -0.1) is 0 Å². The predicted molar refractivity (Wildman–Crippen MR) is 130 cm³/mol. The largest absolute Gasteiger partial charge is 0.365 e. The van der Waals surface area contributed by atoms with Crippen LogP contribution in [0.25, 0.3) is 11.6 Å². The van der Waals surface area contributed by atoms with Crippen molar-refractivity contribution in [3.8, 4) is 0 Å². The molecule has 0 bridgehead atoms. The Labute approximate surface area is 188 Å². The zero-order chi connectivity index (χ0) is 22.5. The molecule has 0 aromatic heterocycles. The lowest BCUT2D eigenvalue weighted by Crippen LogP contribution is -2.54. The molecule has 0 saturated carbocycles. The number of carbonyl (C=O) groups is 2. The highest BCUT2D eigenvalue weighted by molar-refractivity contribution is 7.80. The summed E-state index contributed by atoms with van der Waals surface area (Å²) in [5.74, 6) is -0.910. The molecule has 0 spiro atoms. The fourth-order valence-corrected chi connectivity index (χ4v) is 4.38. The van der Waals surface area contributed by atoms with Crippen molar-refractivity contribution in [2.24, 2.45) is 0 Å². The van der Waals surface area contributed by atoms with Gasteiger partial charge in [-0.3, -0.25) is 19.8 Å². The van der Waals surface area contributed by atoms with Gasteiger partial charge in [0.2, 0.25) is 0 Å². The predicted octanol–water partition coefficient (Wildman–Crippen LogP) is 4.46. The van der Waals surface area contributed by atoms with E-state index in [1.807, 2.05) is 25.1 Å². The van der Waals surface area contributed by atoms with Crippen LogP contribution in [0.3, 0.4) is 0 Å². The monoisotopic (exact) mass is 431 g/mol. The Kier molecular flexibility index (Phi) is 5.06. The molecule has 1 N–H and O–H groups in total. The number of hydrogen-bond acceptors (Lipinski definition) is 4. The van der Waals surface area contributed by atoms with E-state index in [-0.39, 0.29) is 16.2 Å². The van der Waals surface area contributed by atoms with Gasteiger partial charge in [-0.1, -0.05) is 24.3 Å². The van der Waals surface area contributed by atoms with Crippen LogP contribution in [0.4, 0.5) is 11.4 Å². The van der Waals surface area contributed by atoms with Gasteiger partial charge in [0.25, 0.3) is 11.8 Å². The van der Waals surface area contributed by atoms with Crippen LogP contribution in [0, 0.1) is 6.92 Å². The highest BCUT2D eigenvalue weighted by atomic mass is 32.1. The normalized spacial score (nSPS) is 19.3. The van der Waals surface area contributed by atoms with E-state index >= 15 is 0 Å². The Hall–Kier alpha value is -3.25. The zero-order valence-electron chi connectivity index (χ0n) is 18.3. The third kappa shape index (κ3) is 3.57. The summed E-state index contributed by atoms with van der Waals surface area (Å²) < 4.78 is 0. The number of likely N-dealkylation sites (N-methyl/N-ethyl adjacent to an activating group) is 1. The lowest BCUT2D eigenvalue weighted by Gasteiger charge is -2.41. The molecule has 5 nitrogen and oxygen atoms in total. The number of hydrogen-bond donors (Lipinski definition) is 1. The summed E-state index contributed by atoms with van der Waals surface area (Å²) in [4.78, 5) is 29.5. The Morgan fingerprint density at radius 3 is 2.42 bits per heavy atom. The topological polar surface area (TPSA) is 52.7 Å². The zero-order valence-corrected chi connectivity index (χ0v) is 19.1. The second-order valence-corrected chi connectivity index (χ2v) is 8.95. The van der Waals surface area contributed by atoms with E-state index in [9.17, 15) is 9.59 Å². The van der Waals surface area contributed by atoms with E-state index in [0.717, 1.165) is 22.4 Å². The first-order valence-electron chi connectivity index (χ1n) is 10.1. The molecule has 0 unspecified atom stereocenters. The second kappa shape index (κ2) is 7.46. The molecule has 2 aliphatic rings. The first-order valence-corrected chi connectivity index (χ1v) is 10.6. The van der Waals surface area contributed by atoms with Crippen molar-refractivity contribution in [2.75, 3.05) is 16.8 Å². The lowest BCUT2D eigenvalue weighted by molar-refractivity contribution is -0.122. The molecular formula is C25H25N3O2S. The summed E-state index contributed by atoms with van der Waals surface area (Å²) in [6.07, 6.45) is 3.90. The number of thiocarbonyl (C=S) groups is 1.